The first-order chi connectivity index (χ1) is 14.7. The lowest BCUT2D eigenvalue weighted by molar-refractivity contribution is 1.45. The van der Waals surface area contributed by atoms with E-state index in [1.54, 1.807) is 0 Å². The van der Waals surface area contributed by atoms with E-state index >= 15 is 0 Å². The molecule has 0 N–H and O–H groups in total. The summed E-state index contributed by atoms with van der Waals surface area (Å²) in [5.74, 6) is 0. The quantitative estimate of drug-likeness (QED) is 0.254. The number of benzene rings is 4. The van der Waals surface area contributed by atoms with E-state index in [1.807, 2.05) is 0 Å². The Morgan fingerprint density at radius 1 is 0.400 bits per heavy atom. The molecule has 0 heterocycles. The minimum atomic E-state index is 1.24. The molecule has 0 fully saturated rings. The van der Waals surface area contributed by atoms with Gasteiger partial charge in [0.05, 0.1) is 0 Å². The van der Waals surface area contributed by atoms with Crippen molar-refractivity contribution in [3.8, 4) is 11.1 Å². The van der Waals surface area contributed by atoms with Crippen LogP contribution in [-0.4, -0.2) is 0 Å². The molecule has 0 aliphatic carbocycles. The number of aryl methyl sites for hydroxylation is 2. The summed E-state index contributed by atoms with van der Waals surface area (Å²) < 4.78 is 0. The Balaban J connectivity index is 1.88. The molecule has 0 aliphatic rings. The summed E-state index contributed by atoms with van der Waals surface area (Å²) in [4.78, 5) is 0. The van der Waals surface area contributed by atoms with Crippen molar-refractivity contribution in [2.24, 2.45) is 0 Å². The summed E-state index contributed by atoms with van der Waals surface area (Å²) in [7, 11) is 0. The van der Waals surface area contributed by atoms with Crippen molar-refractivity contribution in [2.75, 3.05) is 0 Å². The molecule has 144 valence electrons. The molecule has 0 atom stereocenters. The second-order valence-electron chi connectivity index (χ2n) is 7.94. The fraction of sp³-hybridized carbons (Fsp3) is 0.0667. The molecule has 5 aromatic rings. The molecule has 5 rings (SSSR count). The lowest BCUT2D eigenvalue weighted by Crippen LogP contribution is -1.86. The Bertz CT molecular complexity index is 1420. The second-order valence-corrected chi connectivity index (χ2v) is 7.94. The van der Waals surface area contributed by atoms with Gasteiger partial charge in [-0.1, -0.05) is 109 Å². The van der Waals surface area contributed by atoms with Crippen molar-refractivity contribution in [3.05, 3.63) is 120 Å². The first-order valence-corrected chi connectivity index (χ1v) is 10.5. The van der Waals surface area contributed by atoms with E-state index in [-0.39, 0.29) is 0 Å². The van der Waals surface area contributed by atoms with Crippen molar-refractivity contribution in [1.29, 1.82) is 0 Å². The zero-order chi connectivity index (χ0) is 20.5. The van der Waals surface area contributed by atoms with Gasteiger partial charge in [0, 0.05) is 0 Å². The van der Waals surface area contributed by atoms with Crippen LogP contribution in [0.15, 0.2) is 109 Å². The van der Waals surface area contributed by atoms with E-state index in [1.165, 1.54) is 54.6 Å². The maximum absolute atomic E-state index is 2.36. The summed E-state index contributed by atoms with van der Waals surface area (Å²) in [6.07, 6.45) is 0. The van der Waals surface area contributed by atoms with E-state index in [0.717, 1.165) is 0 Å². The molecule has 30 heavy (non-hydrogen) atoms. The molecule has 0 nitrogen and oxygen atoms in total. The Labute approximate surface area is 177 Å². The normalized spacial score (nSPS) is 11.0. The van der Waals surface area contributed by atoms with Gasteiger partial charge in [-0.05, 0) is 68.9 Å². The Kier molecular flexibility index (Phi) is 4.69. The van der Waals surface area contributed by atoms with Crippen LogP contribution >= 0.6 is 0 Å². The summed E-state index contributed by atoms with van der Waals surface area (Å²) >= 11 is 0. The number of hydrogen-bond donors (Lipinski definition) is 0. The Hall–Kier alpha value is -3.64. The molecular formula is C30H24. The van der Waals surface area contributed by atoms with Crippen LogP contribution in [0.1, 0.15) is 11.1 Å². The van der Waals surface area contributed by atoms with Gasteiger partial charge in [0.25, 0.3) is 0 Å². The van der Waals surface area contributed by atoms with E-state index in [0.29, 0.717) is 0 Å². The van der Waals surface area contributed by atoms with Crippen molar-refractivity contribution < 1.29 is 0 Å². The van der Waals surface area contributed by atoms with Gasteiger partial charge < -0.3 is 0 Å². The Morgan fingerprint density at radius 3 is 1.60 bits per heavy atom. The molecule has 0 bridgehead atoms. The van der Waals surface area contributed by atoms with E-state index in [4.69, 9.17) is 0 Å². The number of hydrogen-bond acceptors (Lipinski definition) is 0. The largest absolute Gasteiger partial charge is 0.0622 e. The summed E-state index contributed by atoms with van der Waals surface area (Å²) in [6.45, 7) is 4.33. The number of rotatable bonds is 1. The van der Waals surface area contributed by atoms with Crippen LogP contribution in [0.2, 0.25) is 0 Å². The fourth-order valence-electron chi connectivity index (χ4n) is 4.36. The van der Waals surface area contributed by atoms with Crippen LogP contribution in [0, 0.1) is 13.8 Å². The lowest BCUT2D eigenvalue weighted by atomic mass is 9.91. The molecule has 0 unspecified atom stereocenters. The van der Waals surface area contributed by atoms with Gasteiger partial charge in [0.1, 0.15) is 0 Å². The van der Waals surface area contributed by atoms with Crippen molar-refractivity contribution in [2.45, 2.75) is 13.8 Å². The third-order valence-electron chi connectivity index (χ3n) is 5.92. The van der Waals surface area contributed by atoms with E-state index in [9.17, 15) is 0 Å². The van der Waals surface area contributed by atoms with Crippen molar-refractivity contribution in [3.63, 3.8) is 0 Å². The summed E-state index contributed by atoms with van der Waals surface area (Å²) in [5.41, 5.74) is 5.01. The molecule has 0 saturated heterocycles. The van der Waals surface area contributed by atoms with E-state index < -0.39 is 0 Å². The van der Waals surface area contributed by atoms with Gasteiger partial charge in [0.2, 0.25) is 0 Å². The first-order valence-electron chi connectivity index (χ1n) is 10.5. The highest BCUT2D eigenvalue weighted by Gasteiger charge is 2.09. The van der Waals surface area contributed by atoms with Crippen molar-refractivity contribution in [1.82, 2.24) is 0 Å². The molecule has 0 spiro atoms. The Morgan fingerprint density at radius 2 is 0.933 bits per heavy atom. The van der Waals surface area contributed by atoms with Crippen LogP contribution in [0.3, 0.4) is 0 Å². The number of fused-ring (bicyclic) bond motifs is 6. The summed E-state index contributed by atoms with van der Waals surface area (Å²) in [6, 6.07) is 39.5. The van der Waals surface area contributed by atoms with Gasteiger partial charge in [-0.2, -0.15) is 0 Å². The van der Waals surface area contributed by atoms with Crippen LogP contribution in [0.4, 0.5) is 0 Å². The van der Waals surface area contributed by atoms with Crippen LogP contribution in [0.25, 0.3) is 43.4 Å². The molecule has 0 amide bonds. The third-order valence-corrected chi connectivity index (χ3v) is 5.92. The molecular weight excluding hydrogens is 360 g/mol. The second kappa shape index (κ2) is 7.65. The van der Waals surface area contributed by atoms with Gasteiger partial charge >= 0.3 is 0 Å². The van der Waals surface area contributed by atoms with Crippen LogP contribution in [-0.2, 0) is 0 Å². The smallest absolute Gasteiger partial charge is 0.00928 e. The van der Waals surface area contributed by atoms with Gasteiger partial charge in [0.15, 0.2) is 0 Å². The monoisotopic (exact) mass is 384 g/mol. The maximum atomic E-state index is 2.36. The van der Waals surface area contributed by atoms with Gasteiger partial charge in [-0.25, -0.2) is 0 Å². The molecule has 0 saturated carbocycles. The van der Waals surface area contributed by atoms with Gasteiger partial charge in [-0.15, -0.1) is 0 Å². The zero-order valence-electron chi connectivity index (χ0n) is 17.4. The molecule has 0 aliphatic heterocycles. The van der Waals surface area contributed by atoms with E-state index in [2.05, 4.69) is 123 Å². The predicted octanol–water partition coefficient (Wildman–Crippen LogP) is 8.55. The molecule has 5 aromatic carbocycles. The minimum absolute atomic E-state index is 1.24. The highest BCUT2D eigenvalue weighted by atomic mass is 14.1. The van der Waals surface area contributed by atoms with Crippen LogP contribution in [0.5, 0.6) is 0 Å². The first kappa shape index (κ1) is 18.4. The summed E-state index contributed by atoms with van der Waals surface area (Å²) in [5, 5.41) is 7.87. The average molecular weight is 385 g/mol. The molecule has 0 radical (unpaired) electrons. The van der Waals surface area contributed by atoms with Crippen molar-refractivity contribution >= 4 is 32.3 Å². The van der Waals surface area contributed by atoms with Crippen LogP contribution < -0.4 is 0 Å². The standard InChI is InChI=1S/C30H24/c1-21-10-4-3-5-11-22(2)24(18-16-21)23-17-19-29-27-14-7-6-12-25(27)26-13-8-9-15-28(26)30(29)20-23/h3-20H,1-2H3. The average Bonchev–Trinajstić information content (AvgIpc) is 2.79. The minimum Gasteiger partial charge on any atom is -0.0622 e. The predicted molar refractivity (Wildman–Crippen MR) is 131 cm³/mol. The molecule has 0 aromatic heterocycles. The van der Waals surface area contributed by atoms with Gasteiger partial charge in [-0.3, -0.25) is 0 Å². The maximum Gasteiger partial charge on any atom is -0.00928 e. The highest BCUT2D eigenvalue weighted by molar-refractivity contribution is 6.25. The lowest BCUT2D eigenvalue weighted by Gasteiger charge is -2.12. The third kappa shape index (κ3) is 3.21. The highest BCUT2D eigenvalue weighted by Crippen LogP contribution is 2.37. The SMILES string of the molecule is Cc1cccccc(C)c(-c2ccc3c4ccccc4c4ccccc4c3c2)cc1. The molecule has 0 heteroatoms. The zero-order valence-corrected chi connectivity index (χ0v) is 17.4. The topological polar surface area (TPSA) is 0 Å². The fourth-order valence-corrected chi connectivity index (χ4v) is 4.36.